The van der Waals surface area contributed by atoms with Gasteiger partial charge in [0.15, 0.2) is 9.84 Å². The van der Waals surface area contributed by atoms with Gasteiger partial charge < -0.3 is 10.0 Å². The zero-order valence-corrected chi connectivity index (χ0v) is 13.5. The Morgan fingerprint density at radius 2 is 2.20 bits per heavy atom. The molecule has 1 unspecified atom stereocenters. The van der Waals surface area contributed by atoms with Crippen LogP contribution in [0, 0.1) is 0 Å². The minimum absolute atomic E-state index is 0.00556. The number of amides is 1. The van der Waals surface area contributed by atoms with Crippen molar-refractivity contribution in [1.82, 2.24) is 4.90 Å². The normalized spacial score (nSPS) is 20.8. The van der Waals surface area contributed by atoms with E-state index in [1.54, 1.807) is 11.4 Å². The van der Waals surface area contributed by atoms with Gasteiger partial charge in [-0.3, -0.25) is 9.59 Å². The van der Waals surface area contributed by atoms with Gasteiger partial charge in [0, 0.05) is 11.4 Å². The number of hydrogen-bond acceptors (Lipinski definition) is 5. The van der Waals surface area contributed by atoms with Crippen LogP contribution in [0.2, 0.25) is 0 Å². The van der Waals surface area contributed by atoms with E-state index in [9.17, 15) is 18.0 Å². The molecule has 0 radical (unpaired) electrons. The van der Waals surface area contributed by atoms with Gasteiger partial charge in [-0.2, -0.15) is 0 Å². The second-order valence-corrected chi connectivity index (χ2v) is 9.04. The number of halogens is 1. The topological polar surface area (TPSA) is 91.8 Å². The molecule has 0 spiro atoms. The third-order valence-corrected chi connectivity index (χ3v) is 6.28. The Labute approximate surface area is 128 Å². The summed E-state index contributed by atoms with van der Waals surface area (Å²) in [5.41, 5.74) is 0.368. The molecule has 1 fully saturated rings. The van der Waals surface area contributed by atoms with Crippen LogP contribution in [0.4, 0.5) is 0 Å². The molecule has 6 nitrogen and oxygen atoms in total. The Balaban J connectivity index is 2.24. The van der Waals surface area contributed by atoms with E-state index in [0.717, 1.165) is 8.69 Å². The Hall–Kier alpha value is -0.930. The second-order valence-electron chi connectivity index (χ2n) is 4.52. The Kier molecular flexibility index (Phi) is 4.50. The third-order valence-electron chi connectivity index (χ3n) is 3.03. The first-order chi connectivity index (χ1) is 9.28. The molecule has 0 bridgehead atoms. The number of sulfone groups is 1. The monoisotopic (exact) mass is 381 g/mol. The molecule has 1 saturated heterocycles. The lowest BCUT2D eigenvalue weighted by Crippen LogP contribution is -2.44. The molecule has 1 aliphatic heterocycles. The van der Waals surface area contributed by atoms with E-state index < -0.39 is 34.3 Å². The summed E-state index contributed by atoms with van der Waals surface area (Å²) in [6, 6.07) is 1.04. The van der Waals surface area contributed by atoms with Crippen LogP contribution < -0.4 is 0 Å². The van der Waals surface area contributed by atoms with Crippen LogP contribution in [0.25, 0.3) is 0 Å². The summed E-state index contributed by atoms with van der Waals surface area (Å²) in [4.78, 5) is 24.4. The summed E-state index contributed by atoms with van der Waals surface area (Å²) in [7, 11) is -3.18. The van der Waals surface area contributed by atoms with Gasteiger partial charge >= 0.3 is 5.97 Å². The van der Waals surface area contributed by atoms with E-state index >= 15 is 0 Å². The predicted molar refractivity (Wildman–Crippen MR) is 77.8 cm³/mol. The number of rotatable bonds is 4. The highest BCUT2D eigenvalue weighted by molar-refractivity contribution is 9.11. The van der Waals surface area contributed by atoms with Crippen molar-refractivity contribution in [2.45, 2.75) is 12.5 Å². The van der Waals surface area contributed by atoms with Crippen LogP contribution in [-0.4, -0.2) is 54.4 Å². The van der Waals surface area contributed by atoms with Crippen molar-refractivity contribution in [2.75, 3.05) is 18.1 Å². The molecule has 1 aromatic rings. The number of carboxylic acid groups (broad SMARTS) is 1. The highest BCUT2D eigenvalue weighted by Crippen LogP contribution is 2.24. The number of carbonyl (C=O) groups excluding carboxylic acids is 1. The van der Waals surface area contributed by atoms with Crippen molar-refractivity contribution in [3.05, 3.63) is 20.8 Å². The van der Waals surface area contributed by atoms with Gasteiger partial charge in [0.25, 0.3) is 5.91 Å². The fourth-order valence-corrected chi connectivity index (χ4v) is 4.98. The van der Waals surface area contributed by atoms with Crippen LogP contribution in [0.3, 0.4) is 0 Å². The summed E-state index contributed by atoms with van der Waals surface area (Å²) in [6.45, 7) is -0.494. The minimum Gasteiger partial charge on any atom is -0.480 e. The van der Waals surface area contributed by atoms with Crippen molar-refractivity contribution >= 4 is 49.0 Å². The van der Waals surface area contributed by atoms with Gasteiger partial charge in [0.1, 0.15) is 6.54 Å². The molecule has 0 aliphatic carbocycles. The maximum absolute atomic E-state index is 12.3. The molecule has 1 N–H and O–H groups in total. The molecule has 9 heteroatoms. The molecular formula is C11H12BrNO5S2. The maximum Gasteiger partial charge on any atom is 0.323 e. The first kappa shape index (κ1) is 15.5. The van der Waals surface area contributed by atoms with Crippen LogP contribution in [0.5, 0.6) is 0 Å². The van der Waals surface area contributed by atoms with Gasteiger partial charge in [-0.15, -0.1) is 11.3 Å². The Bertz CT molecular complexity index is 639. The lowest BCUT2D eigenvalue weighted by molar-refractivity contribution is -0.138. The summed E-state index contributed by atoms with van der Waals surface area (Å²) in [5.74, 6) is -1.78. The van der Waals surface area contributed by atoms with Gasteiger partial charge in [-0.05, 0) is 28.4 Å². The third kappa shape index (κ3) is 3.58. The minimum atomic E-state index is -3.18. The fraction of sp³-hybridized carbons (Fsp3) is 0.455. The summed E-state index contributed by atoms with van der Waals surface area (Å²) in [6.07, 6.45) is 0.284. The summed E-state index contributed by atoms with van der Waals surface area (Å²) in [5, 5.41) is 10.5. The molecule has 1 amide bonds. The van der Waals surface area contributed by atoms with E-state index in [2.05, 4.69) is 15.9 Å². The number of aliphatic carboxylic acids is 1. The van der Waals surface area contributed by atoms with Crippen LogP contribution >= 0.6 is 27.3 Å². The summed E-state index contributed by atoms with van der Waals surface area (Å²) >= 11 is 4.55. The summed E-state index contributed by atoms with van der Waals surface area (Å²) < 4.78 is 23.8. The van der Waals surface area contributed by atoms with Crippen LogP contribution in [-0.2, 0) is 14.6 Å². The highest BCUT2D eigenvalue weighted by Gasteiger charge is 2.36. The molecule has 0 saturated carbocycles. The van der Waals surface area contributed by atoms with Gasteiger partial charge in [0.2, 0.25) is 0 Å². The Morgan fingerprint density at radius 3 is 2.65 bits per heavy atom. The van der Waals surface area contributed by atoms with E-state index in [-0.39, 0.29) is 17.9 Å². The Morgan fingerprint density at radius 1 is 1.50 bits per heavy atom. The van der Waals surface area contributed by atoms with Gasteiger partial charge in [0.05, 0.1) is 20.9 Å². The van der Waals surface area contributed by atoms with Crippen molar-refractivity contribution < 1.29 is 23.1 Å². The van der Waals surface area contributed by atoms with Crippen molar-refractivity contribution in [2.24, 2.45) is 0 Å². The van der Waals surface area contributed by atoms with Crippen molar-refractivity contribution in [3.8, 4) is 0 Å². The number of hydrogen-bond donors (Lipinski definition) is 1. The van der Waals surface area contributed by atoms with Crippen molar-refractivity contribution in [1.29, 1.82) is 0 Å². The molecule has 1 atom stereocenters. The number of nitrogens with zero attached hydrogens (tertiary/aromatic N) is 1. The van der Waals surface area contributed by atoms with Crippen LogP contribution in [0.15, 0.2) is 15.2 Å². The maximum atomic E-state index is 12.3. The van der Waals surface area contributed by atoms with E-state index in [1.807, 2.05) is 0 Å². The lowest BCUT2D eigenvalue weighted by atomic mass is 10.2. The highest BCUT2D eigenvalue weighted by atomic mass is 79.9. The quantitative estimate of drug-likeness (QED) is 0.846. The average Bonchev–Trinajstić information content (AvgIpc) is 2.91. The molecule has 20 heavy (non-hydrogen) atoms. The molecular weight excluding hydrogens is 370 g/mol. The van der Waals surface area contributed by atoms with Crippen LogP contribution in [0.1, 0.15) is 16.8 Å². The molecule has 1 aromatic heterocycles. The largest absolute Gasteiger partial charge is 0.480 e. The first-order valence-electron chi connectivity index (χ1n) is 5.76. The second kappa shape index (κ2) is 5.82. The lowest BCUT2D eigenvalue weighted by Gasteiger charge is -2.26. The number of carbonyl (C=O) groups is 2. The SMILES string of the molecule is O=C(O)CN(C(=O)c1csc(Br)c1)C1CCS(=O)(=O)C1. The number of thiophene rings is 1. The smallest absolute Gasteiger partial charge is 0.323 e. The standard InChI is InChI=1S/C11H12BrNO5S2/c12-9-3-7(5-19-9)11(16)13(4-10(14)15)8-1-2-20(17,18)6-8/h3,5,8H,1-2,4,6H2,(H,14,15). The molecule has 0 aromatic carbocycles. The van der Waals surface area contributed by atoms with E-state index in [0.29, 0.717) is 5.56 Å². The molecule has 1 aliphatic rings. The van der Waals surface area contributed by atoms with Crippen molar-refractivity contribution in [3.63, 3.8) is 0 Å². The zero-order valence-electron chi connectivity index (χ0n) is 10.3. The van der Waals surface area contributed by atoms with E-state index in [1.165, 1.54) is 11.3 Å². The predicted octanol–water partition coefficient (Wildman–Crippen LogP) is 1.22. The van der Waals surface area contributed by atoms with Gasteiger partial charge in [-0.1, -0.05) is 0 Å². The first-order valence-corrected chi connectivity index (χ1v) is 9.25. The zero-order chi connectivity index (χ0) is 14.9. The fourth-order valence-electron chi connectivity index (χ4n) is 2.12. The molecule has 2 rings (SSSR count). The molecule has 110 valence electrons. The average molecular weight is 382 g/mol. The number of carboxylic acids is 1. The van der Waals surface area contributed by atoms with Gasteiger partial charge in [-0.25, -0.2) is 8.42 Å². The van der Waals surface area contributed by atoms with E-state index in [4.69, 9.17) is 5.11 Å². The molecule has 2 heterocycles.